The van der Waals surface area contributed by atoms with Crippen LogP contribution in [0, 0.1) is 12.1 Å². The van der Waals surface area contributed by atoms with Crippen LogP contribution in [0.2, 0.25) is 0 Å². The van der Waals surface area contributed by atoms with E-state index < -0.39 is 5.91 Å². The monoisotopic (exact) mass is 425 g/mol. The Kier molecular flexibility index (Phi) is 6.18. The zero-order valence-corrected chi connectivity index (χ0v) is 17.6. The van der Waals surface area contributed by atoms with Crippen LogP contribution in [0.1, 0.15) is 34.8 Å². The lowest BCUT2D eigenvalue weighted by molar-refractivity contribution is -0.127. The molecule has 0 atom stereocenters. The van der Waals surface area contributed by atoms with E-state index >= 15 is 0 Å². The van der Waals surface area contributed by atoms with Crippen molar-refractivity contribution in [2.75, 3.05) is 13.1 Å². The SMILES string of the molecule is C=CC(=O)N1CCC(c2ccc(C(N)=O)c(-c3ccc(Oc4cc#ccc4)cc3)n2)CC1. The fourth-order valence-electron chi connectivity index (χ4n) is 3.86. The van der Waals surface area contributed by atoms with Gasteiger partial charge < -0.3 is 15.4 Å². The van der Waals surface area contributed by atoms with Crippen LogP contribution in [-0.4, -0.2) is 34.8 Å². The number of carbonyl (C=O) groups is 2. The van der Waals surface area contributed by atoms with E-state index in [1.54, 1.807) is 29.2 Å². The van der Waals surface area contributed by atoms with Gasteiger partial charge in [-0.2, -0.15) is 0 Å². The molecule has 2 aromatic carbocycles. The highest BCUT2D eigenvalue weighted by molar-refractivity contribution is 5.98. The molecule has 32 heavy (non-hydrogen) atoms. The molecule has 1 saturated heterocycles. The Morgan fingerprint density at radius 1 is 1.06 bits per heavy atom. The summed E-state index contributed by atoms with van der Waals surface area (Å²) in [7, 11) is 0. The minimum absolute atomic E-state index is 0.0463. The molecule has 2 N–H and O–H groups in total. The number of piperidine rings is 1. The first kappa shape index (κ1) is 21.1. The molecule has 1 aromatic heterocycles. The Morgan fingerprint density at radius 2 is 1.81 bits per heavy atom. The first-order chi connectivity index (χ1) is 15.5. The van der Waals surface area contributed by atoms with Crippen molar-refractivity contribution < 1.29 is 14.3 Å². The summed E-state index contributed by atoms with van der Waals surface area (Å²) in [6, 6.07) is 21.9. The second-order valence-electron chi connectivity index (χ2n) is 7.60. The smallest absolute Gasteiger partial charge is 0.250 e. The van der Waals surface area contributed by atoms with Gasteiger partial charge in [-0.05, 0) is 67.4 Å². The quantitative estimate of drug-likeness (QED) is 0.602. The lowest BCUT2D eigenvalue weighted by Gasteiger charge is -2.31. The fourth-order valence-corrected chi connectivity index (χ4v) is 3.86. The van der Waals surface area contributed by atoms with Gasteiger partial charge in [0.05, 0.1) is 11.3 Å². The highest BCUT2D eigenvalue weighted by Crippen LogP contribution is 2.31. The third-order valence-electron chi connectivity index (χ3n) is 5.57. The molecule has 3 aromatic rings. The van der Waals surface area contributed by atoms with Gasteiger partial charge in [-0.1, -0.05) is 18.7 Å². The third kappa shape index (κ3) is 4.62. The van der Waals surface area contributed by atoms with E-state index in [1.165, 1.54) is 6.08 Å². The van der Waals surface area contributed by atoms with Gasteiger partial charge >= 0.3 is 0 Å². The van der Waals surface area contributed by atoms with E-state index in [1.807, 2.05) is 30.3 Å². The molecule has 6 nitrogen and oxygen atoms in total. The van der Waals surface area contributed by atoms with Crippen LogP contribution in [0.4, 0.5) is 0 Å². The predicted octanol–water partition coefficient (Wildman–Crippen LogP) is 4.13. The van der Waals surface area contributed by atoms with Crippen LogP contribution in [0.25, 0.3) is 11.3 Å². The number of hydrogen-bond acceptors (Lipinski definition) is 4. The number of hydrogen-bond donors (Lipinski definition) is 1. The summed E-state index contributed by atoms with van der Waals surface area (Å²) in [6.45, 7) is 4.87. The van der Waals surface area contributed by atoms with Crippen LogP contribution in [0.5, 0.6) is 11.5 Å². The molecule has 1 fully saturated rings. The maximum atomic E-state index is 12.0. The van der Waals surface area contributed by atoms with Crippen LogP contribution < -0.4 is 10.5 Å². The summed E-state index contributed by atoms with van der Waals surface area (Å²) >= 11 is 0. The molecule has 2 amide bonds. The summed E-state index contributed by atoms with van der Waals surface area (Å²) in [5.41, 5.74) is 8.21. The highest BCUT2D eigenvalue weighted by atomic mass is 16.5. The van der Waals surface area contributed by atoms with E-state index in [0.717, 1.165) is 24.1 Å². The van der Waals surface area contributed by atoms with Crippen molar-refractivity contribution in [3.8, 4) is 22.8 Å². The van der Waals surface area contributed by atoms with E-state index in [-0.39, 0.29) is 11.8 Å². The Balaban J connectivity index is 1.57. The minimum atomic E-state index is -0.526. The van der Waals surface area contributed by atoms with Gasteiger partial charge in [0.1, 0.15) is 11.5 Å². The summed E-state index contributed by atoms with van der Waals surface area (Å²) in [5, 5.41) is 0. The largest absolute Gasteiger partial charge is 0.457 e. The van der Waals surface area contributed by atoms with Crippen LogP contribution in [0.15, 0.2) is 67.3 Å². The van der Waals surface area contributed by atoms with Crippen LogP contribution in [0.3, 0.4) is 0 Å². The number of amides is 2. The minimum Gasteiger partial charge on any atom is -0.457 e. The lowest BCUT2D eigenvalue weighted by atomic mass is 9.91. The summed E-state index contributed by atoms with van der Waals surface area (Å²) in [6.07, 6.45) is 2.96. The number of benzene rings is 1. The molecule has 2 heterocycles. The molecule has 0 saturated carbocycles. The molecule has 0 radical (unpaired) electrons. The number of carbonyl (C=O) groups excluding carboxylic acids is 2. The Morgan fingerprint density at radius 3 is 2.44 bits per heavy atom. The van der Waals surface area contributed by atoms with Crippen molar-refractivity contribution in [2.24, 2.45) is 5.73 Å². The Bertz CT molecular complexity index is 1120. The molecule has 1 aliphatic heterocycles. The number of rotatable bonds is 6. The number of primary amides is 1. The fraction of sp³-hybridized carbons (Fsp3) is 0.192. The topological polar surface area (TPSA) is 85.5 Å². The maximum Gasteiger partial charge on any atom is 0.250 e. The normalized spacial score (nSPS) is 13.8. The maximum absolute atomic E-state index is 12.0. The molecule has 4 rings (SSSR count). The Labute approximate surface area is 187 Å². The van der Waals surface area contributed by atoms with Crippen molar-refractivity contribution >= 4 is 11.8 Å². The predicted molar refractivity (Wildman–Crippen MR) is 121 cm³/mol. The Hall–Kier alpha value is -4.11. The number of ether oxygens (including phenoxy) is 1. The number of pyridine rings is 1. The number of likely N-dealkylation sites (tertiary alicyclic amines) is 1. The van der Waals surface area contributed by atoms with Crippen molar-refractivity contribution in [3.63, 3.8) is 0 Å². The average molecular weight is 425 g/mol. The number of nitrogens with zero attached hydrogens (tertiary/aromatic N) is 2. The molecule has 6 heteroatoms. The van der Waals surface area contributed by atoms with Gasteiger partial charge in [0.25, 0.3) is 5.91 Å². The van der Waals surface area contributed by atoms with Crippen LogP contribution in [-0.2, 0) is 4.79 Å². The van der Waals surface area contributed by atoms with Gasteiger partial charge in [0.2, 0.25) is 5.91 Å². The number of aromatic nitrogens is 1. The standard InChI is InChI=1S/C26H23N3O3/c1-2-24(30)29-16-14-18(15-17-29)23-13-12-22(26(27)31)25(28-23)19-8-10-21(11-9-19)32-20-6-4-3-5-7-20/h2,4,6-13,18H,1,14-17H2,(H2,27,31). The average Bonchev–Trinajstić information content (AvgIpc) is 2.84. The van der Waals surface area contributed by atoms with Crippen molar-refractivity contribution in [1.82, 2.24) is 9.88 Å². The molecule has 1 aliphatic rings. The van der Waals surface area contributed by atoms with E-state index in [0.29, 0.717) is 35.8 Å². The zero-order chi connectivity index (χ0) is 22.5. The van der Waals surface area contributed by atoms with E-state index in [2.05, 4.69) is 18.7 Å². The van der Waals surface area contributed by atoms with Crippen molar-refractivity contribution in [2.45, 2.75) is 18.8 Å². The molecule has 0 bridgehead atoms. The zero-order valence-electron chi connectivity index (χ0n) is 17.6. The van der Waals surface area contributed by atoms with Gasteiger partial charge in [-0.3, -0.25) is 14.6 Å². The number of nitrogens with two attached hydrogens (primary N) is 1. The molecule has 0 unspecified atom stereocenters. The van der Waals surface area contributed by atoms with Gasteiger partial charge in [-0.25, -0.2) is 0 Å². The van der Waals surface area contributed by atoms with Gasteiger partial charge in [0.15, 0.2) is 0 Å². The molecular weight excluding hydrogens is 402 g/mol. The highest BCUT2D eigenvalue weighted by Gasteiger charge is 2.24. The molecule has 160 valence electrons. The first-order valence-corrected chi connectivity index (χ1v) is 10.4. The van der Waals surface area contributed by atoms with Crippen LogP contribution >= 0.6 is 0 Å². The molecular formula is C26H23N3O3. The van der Waals surface area contributed by atoms with E-state index in [9.17, 15) is 9.59 Å². The van der Waals surface area contributed by atoms with Gasteiger partial charge in [-0.15, -0.1) is 0 Å². The van der Waals surface area contributed by atoms with Crippen molar-refractivity contribution in [3.05, 3.63) is 90.6 Å². The lowest BCUT2D eigenvalue weighted by Crippen LogP contribution is -2.37. The van der Waals surface area contributed by atoms with Gasteiger partial charge in [0, 0.05) is 36.3 Å². The summed E-state index contributed by atoms with van der Waals surface area (Å²) < 4.78 is 5.80. The first-order valence-electron chi connectivity index (χ1n) is 10.4. The molecule has 0 spiro atoms. The molecule has 0 aliphatic carbocycles. The summed E-state index contributed by atoms with van der Waals surface area (Å²) in [5.74, 6) is 0.954. The second kappa shape index (κ2) is 9.36. The van der Waals surface area contributed by atoms with E-state index in [4.69, 9.17) is 15.5 Å². The summed E-state index contributed by atoms with van der Waals surface area (Å²) in [4.78, 5) is 30.5. The third-order valence-corrected chi connectivity index (χ3v) is 5.57. The van der Waals surface area contributed by atoms with Crippen molar-refractivity contribution in [1.29, 1.82) is 0 Å². The second-order valence-corrected chi connectivity index (χ2v) is 7.60.